The molecule has 0 aliphatic carbocycles. The highest BCUT2D eigenvalue weighted by Gasteiger charge is 2.12. The van der Waals surface area contributed by atoms with Crippen LogP contribution in [0, 0.1) is 17.1 Å². The van der Waals surface area contributed by atoms with Crippen LogP contribution in [0.3, 0.4) is 0 Å². The van der Waals surface area contributed by atoms with Crippen molar-refractivity contribution in [2.45, 2.75) is 0 Å². The summed E-state index contributed by atoms with van der Waals surface area (Å²) in [4.78, 5) is 4.97. The van der Waals surface area contributed by atoms with Crippen molar-refractivity contribution >= 4 is 0 Å². The fourth-order valence-electron chi connectivity index (χ4n) is 1.50. The molecule has 8 heteroatoms. The van der Waals surface area contributed by atoms with Gasteiger partial charge in [0.2, 0.25) is 0 Å². The molecule has 1 aromatic carbocycles. The molecule has 0 fully saturated rings. The van der Waals surface area contributed by atoms with E-state index in [2.05, 4.69) is 20.4 Å². The maximum Gasteiger partial charge on any atom is 0.268 e. The van der Waals surface area contributed by atoms with Crippen molar-refractivity contribution in [3.63, 3.8) is 0 Å². The summed E-state index contributed by atoms with van der Waals surface area (Å²) in [6, 6.07) is 5.62. The predicted molar refractivity (Wildman–Crippen MR) is 59.3 cm³/mol. The lowest BCUT2D eigenvalue weighted by Crippen LogP contribution is -2.00. The van der Waals surface area contributed by atoms with Gasteiger partial charge in [-0.1, -0.05) is 0 Å². The van der Waals surface area contributed by atoms with Gasteiger partial charge in [-0.05, 0) is 17.3 Å². The quantitative estimate of drug-likeness (QED) is 0.686. The molecular weight excluding hydrogens is 251 g/mol. The van der Waals surface area contributed by atoms with Gasteiger partial charge in [-0.25, -0.2) is 9.37 Å². The Morgan fingerprint density at radius 1 is 1.32 bits per heavy atom. The minimum Gasteiger partial charge on any atom is -0.442 e. The second-order valence-electron chi connectivity index (χ2n) is 3.55. The molecule has 0 aliphatic rings. The van der Waals surface area contributed by atoms with E-state index in [4.69, 9.17) is 9.68 Å². The third-order valence-electron chi connectivity index (χ3n) is 2.28. The Kier molecular flexibility index (Phi) is 2.50. The van der Waals surface area contributed by atoms with Crippen molar-refractivity contribution < 1.29 is 8.81 Å². The first kappa shape index (κ1) is 11.0. The Balaban J connectivity index is 2.04. The Labute approximate surface area is 105 Å². The minimum atomic E-state index is -0.552. The number of rotatable bonds is 2. The zero-order valence-corrected chi connectivity index (χ0v) is 9.36. The minimum absolute atomic E-state index is 0.171. The highest BCUT2D eigenvalue weighted by atomic mass is 19.1. The Morgan fingerprint density at radius 3 is 2.95 bits per heavy atom. The molecule has 2 heterocycles. The van der Waals surface area contributed by atoms with E-state index in [9.17, 15) is 4.39 Å². The van der Waals surface area contributed by atoms with Crippen LogP contribution in [0.25, 0.3) is 17.4 Å². The first-order valence-electron chi connectivity index (χ1n) is 5.17. The number of aromatic nitrogens is 5. The smallest absolute Gasteiger partial charge is 0.268 e. The maximum absolute atomic E-state index is 13.3. The molecule has 0 saturated heterocycles. The SMILES string of the molecule is N#Cc1cc(F)cc(-n2nnc(-c3ncco3)n2)c1. The molecule has 0 N–H and O–H groups in total. The lowest BCUT2D eigenvalue weighted by Gasteiger charge is -1.98. The van der Waals surface area contributed by atoms with Crippen LogP contribution in [-0.2, 0) is 0 Å². The number of halogens is 1. The summed E-state index contributed by atoms with van der Waals surface area (Å²) in [7, 11) is 0. The van der Waals surface area contributed by atoms with Crippen LogP contribution in [0.4, 0.5) is 4.39 Å². The largest absolute Gasteiger partial charge is 0.442 e. The first-order chi connectivity index (χ1) is 9.26. The summed E-state index contributed by atoms with van der Waals surface area (Å²) < 4.78 is 18.3. The summed E-state index contributed by atoms with van der Waals surface area (Å²) in [5.74, 6) is -0.167. The molecule has 0 saturated carbocycles. The first-order valence-corrected chi connectivity index (χ1v) is 5.17. The summed E-state index contributed by atoms with van der Waals surface area (Å²) in [6.45, 7) is 0. The third-order valence-corrected chi connectivity index (χ3v) is 2.28. The third kappa shape index (κ3) is 2.04. The van der Waals surface area contributed by atoms with Crippen molar-refractivity contribution in [3.8, 4) is 23.5 Å². The Morgan fingerprint density at radius 2 is 2.21 bits per heavy atom. The van der Waals surface area contributed by atoms with Gasteiger partial charge in [0, 0.05) is 6.07 Å². The van der Waals surface area contributed by atoms with Gasteiger partial charge in [-0.15, -0.1) is 15.0 Å². The van der Waals surface area contributed by atoms with E-state index in [1.165, 1.54) is 24.6 Å². The molecule has 3 rings (SSSR count). The van der Waals surface area contributed by atoms with Gasteiger partial charge in [0.25, 0.3) is 11.7 Å². The van der Waals surface area contributed by atoms with E-state index in [1.54, 1.807) is 0 Å². The van der Waals surface area contributed by atoms with Gasteiger partial charge in [0.05, 0.1) is 23.5 Å². The number of hydrogen-bond donors (Lipinski definition) is 0. The standard InChI is InChI=1S/C11H5FN6O/c12-8-3-7(6-13)4-9(5-8)18-16-10(15-17-18)11-14-1-2-19-11/h1-5H. The Hall–Kier alpha value is -3.08. The van der Waals surface area contributed by atoms with Gasteiger partial charge < -0.3 is 4.42 Å². The van der Waals surface area contributed by atoms with Crippen molar-refractivity contribution in [1.82, 2.24) is 25.2 Å². The lowest BCUT2D eigenvalue weighted by molar-refractivity contribution is 0.568. The normalized spacial score (nSPS) is 10.3. The van der Waals surface area contributed by atoms with E-state index in [1.807, 2.05) is 6.07 Å². The van der Waals surface area contributed by atoms with Crippen LogP contribution in [0.1, 0.15) is 5.56 Å². The van der Waals surface area contributed by atoms with Crippen LogP contribution in [0.15, 0.2) is 35.1 Å². The Bertz CT molecular complexity index is 758. The van der Waals surface area contributed by atoms with E-state index in [-0.39, 0.29) is 17.3 Å². The second kappa shape index (κ2) is 4.30. The lowest BCUT2D eigenvalue weighted by atomic mass is 10.2. The fraction of sp³-hybridized carbons (Fsp3) is 0. The highest BCUT2D eigenvalue weighted by molar-refractivity contribution is 5.42. The summed E-state index contributed by atoms with van der Waals surface area (Å²) in [5.41, 5.74) is 0.465. The summed E-state index contributed by atoms with van der Waals surface area (Å²) in [5, 5.41) is 20.3. The van der Waals surface area contributed by atoms with Crippen LogP contribution >= 0.6 is 0 Å². The molecule has 0 spiro atoms. The van der Waals surface area contributed by atoms with Crippen LogP contribution in [-0.4, -0.2) is 25.2 Å². The molecular formula is C11H5FN6O. The molecule has 7 nitrogen and oxygen atoms in total. The van der Waals surface area contributed by atoms with Gasteiger partial charge in [-0.3, -0.25) is 0 Å². The molecule has 0 amide bonds. The van der Waals surface area contributed by atoms with Crippen molar-refractivity contribution in [3.05, 3.63) is 42.0 Å². The summed E-state index contributed by atoms with van der Waals surface area (Å²) in [6.07, 6.45) is 2.83. The zero-order chi connectivity index (χ0) is 13.2. The van der Waals surface area contributed by atoms with E-state index >= 15 is 0 Å². The average molecular weight is 256 g/mol. The topological polar surface area (TPSA) is 93.4 Å². The number of oxazole rings is 1. The number of benzene rings is 1. The molecule has 0 unspecified atom stereocenters. The van der Waals surface area contributed by atoms with Crippen molar-refractivity contribution in [1.29, 1.82) is 5.26 Å². The molecule has 0 atom stereocenters. The molecule has 0 bridgehead atoms. The molecule has 19 heavy (non-hydrogen) atoms. The molecule has 0 aliphatic heterocycles. The average Bonchev–Trinajstić information content (AvgIpc) is 3.08. The molecule has 2 aromatic heterocycles. The molecule has 3 aromatic rings. The molecule has 0 radical (unpaired) electrons. The monoisotopic (exact) mass is 256 g/mol. The number of hydrogen-bond acceptors (Lipinski definition) is 6. The van der Waals surface area contributed by atoms with Gasteiger partial charge in [-0.2, -0.15) is 5.26 Å². The predicted octanol–water partition coefficient (Wildman–Crippen LogP) is 1.33. The number of tetrazole rings is 1. The van der Waals surface area contributed by atoms with Crippen molar-refractivity contribution in [2.75, 3.05) is 0 Å². The van der Waals surface area contributed by atoms with Crippen LogP contribution in [0.5, 0.6) is 0 Å². The summed E-state index contributed by atoms with van der Waals surface area (Å²) >= 11 is 0. The maximum atomic E-state index is 13.3. The van der Waals surface area contributed by atoms with Crippen molar-refractivity contribution in [2.24, 2.45) is 0 Å². The van der Waals surface area contributed by atoms with Gasteiger partial charge in [0.1, 0.15) is 12.1 Å². The van der Waals surface area contributed by atoms with E-state index in [0.29, 0.717) is 5.69 Å². The zero-order valence-electron chi connectivity index (χ0n) is 9.36. The van der Waals surface area contributed by atoms with Gasteiger partial charge in [0.15, 0.2) is 0 Å². The molecule has 92 valence electrons. The van der Waals surface area contributed by atoms with Crippen LogP contribution < -0.4 is 0 Å². The van der Waals surface area contributed by atoms with Gasteiger partial charge >= 0.3 is 0 Å². The highest BCUT2D eigenvalue weighted by Crippen LogP contribution is 2.14. The number of nitriles is 1. The number of nitrogens with zero attached hydrogens (tertiary/aromatic N) is 6. The second-order valence-corrected chi connectivity index (χ2v) is 3.55. The van der Waals surface area contributed by atoms with E-state index < -0.39 is 5.82 Å². The van der Waals surface area contributed by atoms with E-state index in [0.717, 1.165) is 10.9 Å². The van der Waals surface area contributed by atoms with Crippen LogP contribution in [0.2, 0.25) is 0 Å². The fourth-order valence-corrected chi connectivity index (χ4v) is 1.50.